The largest absolute Gasteiger partial charge is 0.478 e. The van der Waals surface area contributed by atoms with Crippen molar-refractivity contribution in [3.8, 4) is 0 Å². The summed E-state index contributed by atoms with van der Waals surface area (Å²) in [4.78, 5) is 18.3. The van der Waals surface area contributed by atoms with Gasteiger partial charge in [0.05, 0.1) is 18.9 Å². The number of pyridine rings is 1. The summed E-state index contributed by atoms with van der Waals surface area (Å²) in [5.74, 6) is -0.272. The third-order valence-corrected chi connectivity index (χ3v) is 6.02. The van der Waals surface area contributed by atoms with Crippen molar-refractivity contribution in [1.29, 1.82) is 0 Å². The molecular weight excluding hydrogens is 398 g/mol. The Bertz CT molecular complexity index is 1110. The van der Waals surface area contributed by atoms with E-state index < -0.39 is 5.97 Å². The molecule has 0 aliphatic carbocycles. The van der Waals surface area contributed by atoms with Crippen molar-refractivity contribution in [2.45, 2.75) is 6.92 Å². The number of carboxylic acids is 1. The number of hydrogen-bond donors (Lipinski definition) is 2. The summed E-state index contributed by atoms with van der Waals surface area (Å²) in [7, 11) is 0. The first-order valence-electron chi connectivity index (χ1n) is 9.72. The quantitative estimate of drug-likeness (QED) is 0.545. The number of aliphatic carboxylic acids is 1. The normalized spacial score (nSPS) is 14.7. The first kappa shape index (κ1) is 20.1. The summed E-state index contributed by atoms with van der Waals surface area (Å²) in [6, 6.07) is 10.3. The molecule has 7 heteroatoms. The highest BCUT2D eigenvalue weighted by Crippen LogP contribution is 2.35. The van der Waals surface area contributed by atoms with Crippen molar-refractivity contribution in [3.05, 3.63) is 59.1 Å². The van der Waals surface area contributed by atoms with Gasteiger partial charge in [-0.2, -0.15) is 0 Å². The molecular formula is C23H23N3O3S. The zero-order valence-electron chi connectivity index (χ0n) is 16.7. The van der Waals surface area contributed by atoms with E-state index >= 15 is 0 Å². The first-order chi connectivity index (χ1) is 14.6. The van der Waals surface area contributed by atoms with E-state index in [-0.39, 0.29) is 5.57 Å². The van der Waals surface area contributed by atoms with Gasteiger partial charge in [0.2, 0.25) is 0 Å². The molecule has 1 fully saturated rings. The van der Waals surface area contributed by atoms with Crippen LogP contribution in [0, 0.1) is 0 Å². The molecule has 0 radical (unpaired) electrons. The van der Waals surface area contributed by atoms with Crippen LogP contribution in [0.4, 0.5) is 17.2 Å². The van der Waals surface area contributed by atoms with Gasteiger partial charge in [-0.25, -0.2) is 9.78 Å². The first-order valence-corrected chi connectivity index (χ1v) is 10.6. The van der Waals surface area contributed by atoms with Crippen molar-refractivity contribution in [2.75, 3.05) is 36.5 Å². The molecule has 30 heavy (non-hydrogen) atoms. The minimum Gasteiger partial charge on any atom is -0.478 e. The standard InChI is InChI=1S/C23H23N3O3S/c1-3-18-20(14-15(2)23(27)28)25-22(19-8-13-30-21(18)19)24-16-4-6-17(7-5-16)26-9-11-29-12-10-26/h3-8,13-14H,1,9-12H2,2H3,(H,24,25)(H,27,28)/b15-14+. The molecule has 1 aliphatic heterocycles. The van der Waals surface area contributed by atoms with E-state index in [9.17, 15) is 9.90 Å². The lowest BCUT2D eigenvalue weighted by atomic mass is 10.1. The Hall–Kier alpha value is -3.16. The Labute approximate surface area is 179 Å². The number of ether oxygens (including phenoxy) is 1. The number of fused-ring (bicyclic) bond motifs is 1. The number of carbonyl (C=O) groups is 1. The zero-order chi connectivity index (χ0) is 21.1. The van der Waals surface area contributed by atoms with E-state index in [0.717, 1.165) is 47.6 Å². The van der Waals surface area contributed by atoms with Gasteiger partial charge < -0.3 is 20.1 Å². The molecule has 1 aliphatic rings. The molecule has 0 saturated carbocycles. The fourth-order valence-electron chi connectivity index (χ4n) is 3.44. The fraction of sp³-hybridized carbons (Fsp3) is 0.217. The van der Waals surface area contributed by atoms with Crippen LogP contribution in [-0.4, -0.2) is 42.4 Å². The maximum absolute atomic E-state index is 11.3. The lowest BCUT2D eigenvalue weighted by Gasteiger charge is -2.28. The monoisotopic (exact) mass is 421 g/mol. The molecule has 0 spiro atoms. The number of carboxylic acid groups (broad SMARTS) is 1. The second kappa shape index (κ2) is 8.69. The number of hydrogen-bond acceptors (Lipinski definition) is 6. The maximum atomic E-state index is 11.3. The highest BCUT2D eigenvalue weighted by atomic mass is 32.1. The van der Waals surface area contributed by atoms with Gasteiger partial charge in [-0.3, -0.25) is 0 Å². The predicted octanol–water partition coefficient (Wildman–Crippen LogP) is 5.01. The van der Waals surface area contributed by atoms with Crippen LogP contribution in [0.25, 0.3) is 22.2 Å². The molecule has 3 aromatic rings. The molecule has 0 bridgehead atoms. The van der Waals surface area contributed by atoms with Crippen molar-refractivity contribution in [2.24, 2.45) is 0 Å². The molecule has 3 heterocycles. The summed E-state index contributed by atoms with van der Waals surface area (Å²) in [6.07, 6.45) is 3.32. The number of morpholine rings is 1. The minimum absolute atomic E-state index is 0.224. The maximum Gasteiger partial charge on any atom is 0.331 e. The van der Waals surface area contributed by atoms with Crippen molar-refractivity contribution < 1.29 is 14.6 Å². The summed E-state index contributed by atoms with van der Waals surface area (Å²) in [5, 5.41) is 15.7. The molecule has 1 saturated heterocycles. The van der Waals surface area contributed by atoms with Crippen LogP contribution >= 0.6 is 11.3 Å². The van der Waals surface area contributed by atoms with Gasteiger partial charge in [0.25, 0.3) is 0 Å². The van der Waals surface area contributed by atoms with Crippen LogP contribution < -0.4 is 10.2 Å². The van der Waals surface area contributed by atoms with Gasteiger partial charge in [0, 0.05) is 45.7 Å². The topological polar surface area (TPSA) is 74.7 Å². The van der Waals surface area contributed by atoms with Crippen molar-refractivity contribution >= 4 is 56.7 Å². The Kier molecular flexibility index (Phi) is 5.83. The molecule has 1 aromatic carbocycles. The number of anilines is 3. The highest BCUT2D eigenvalue weighted by molar-refractivity contribution is 7.17. The second-order valence-electron chi connectivity index (χ2n) is 7.03. The summed E-state index contributed by atoms with van der Waals surface area (Å²) in [6.45, 7) is 8.75. The molecule has 154 valence electrons. The van der Waals surface area contributed by atoms with Crippen LogP contribution in [0.15, 0.2) is 47.9 Å². The van der Waals surface area contributed by atoms with E-state index in [0.29, 0.717) is 11.5 Å². The van der Waals surface area contributed by atoms with E-state index in [2.05, 4.69) is 28.9 Å². The van der Waals surface area contributed by atoms with Gasteiger partial charge in [-0.15, -0.1) is 11.3 Å². The highest BCUT2D eigenvalue weighted by Gasteiger charge is 2.15. The van der Waals surface area contributed by atoms with Gasteiger partial charge in [-0.05, 0) is 48.7 Å². The lowest BCUT2D eigenvalue weighted by molar-refractivity contribution is -0.132. The van der Waals surface area contributed by atoms with Gasteiger partial charge in [-0.1, -0.05) is 12.7 Å². The second-order valence-corrected chi connectivity index (χ2v) is 7.95. The predicted molar refractivity (Wildman–Crippen MR) is 124 cm³/mol. The Morgan fingerprint density at radius 2 is 2.00 bits per heavy atom. The molecule has 0 amide bonds. The molecule has 0 unspecified atom stereocenters. The summed E-state index contributed by atoms with van der Waals surface area (Å²) >= 11 is 1.59. The van der Waals surface area contributed by atoms with Crippen LogP contribution in [0.5, 0.6) is 0 Å². The molecule has 6 nitrogen and oxygen atoms in total. The zero-order valence-corrected chi connectivity index (χ0v) is 17.5. The minimum atomic E-state index is -0.966. The van der Waals surface area contributed by atoms with E-state index in [1.54, 1.807) is 30.4 Å². The van der Waals surface area contributed by atoms with E-state index in [4.69, 9.17) is 9.72 Å². The number of nitrogens with one attached hydrogen (secondary N) is 1. The SMILES string of the molecule is C=Cc1c(/C=C(\C)C(=O)O)nc(Nc2ccc(N3CCOCC3)cc2)c2ccsc12. The molecule has 0 atom stereocenters. The number of rotatable bonds is 6. The number of aromatic nitrogens is 1. The Balaban J connectivity index is 1.68. The summed E-state index contributed by atoms with van der Waals surface area (Å²) < 4.78 is 6.44. The smallest absolute Gasteiger partial charge is 0.331 e. The molecule has 2 aromatic heterocycles. The third kappa shape index (κ3) is 4.08. The number of benzene rings is 1. The van der Waals surface area contributed by atoms with Gasteiger partial charge in [0.15, 0.2) is 0 Å². The lowest BCUT2D eigenvalue weighted by Crippen LogP contribution is -2.36. The summed E-state index contributed by atoms with van der Waals surface area (Å²) in [5.41, 5.74) is 3.74. The third-order valence-electron chi connectivity index (χ3n) is 5.07. The van der Waals surface area contributed by atoms with E-state index in [1.807, 2.05) is 23.6 Å². The van der Waals surface area contributed by atoms with E-state index in [1.165, 1.54) is 5.69 Å². The van der Waals surface area contributed by atoms with Gasteiger partial charge >= 0.3 is 5.97 Å². The van der Waals surface area contributed by atoms with Crippen molar-refractivity contribution in [3.63, 3.8) is 0 Å². The fourth-order valence-corrected chi connectivity index (χ4v) is 4.39. The molecule has 4 rings (SSSR count). The average molecular weight is 422 g/mol. The van der Waals surface area contributed by atoms with Crippen LogP contribution in [0.3, 0.4) is 0 Å². The average Bonchev–Trinajstić information content (AvgIpc) is 3.25. The number of nitrogens with zero attached hydrogens (tertiary/aromatic N) is 2. The Morgan fingerprint density at radius 3 is 2.67 bits per heavy atom. The van der Waals surface area contributed by atoms with Crippen molar-refractivity contribution in [1.82, 2.24) is 4.98 Å². The molecule has 2 N–H and O–H groups in total. The van der Waals surface area contributed by atoms with Crippen LogP contribution in [0.1, 0.15) is 18.2 Å². The van der Waals surface area contributed by atoms with Gasteiger partial charge in [0.1, 0.15) is 5.82 Å². The Morgan fingerprint density at radius 1 is 1.27 bits per heavy atom. The van der Waals surface area contributed by atoms with Crippen LogP contribution in [0.2, 0.25) is 0 Å². The number of thiophene rings is 1. The van der Waals surface area contributed by atoms with Crippen LogP contribution in [-0.2, 0) is 9.53 Å².